The number of nitrogens with one attached hydrogen (secondary N) is 3. The van der Waals surface area contributed by atoms with Crippen LogP contribution in [0.1, 0.15) is 37.1 Å². The second-order valence-electron chi connectivity index (χ2n) is 7.21. The molecule has 13 heteroatoms. The quantitative estimate of drug-likeness (QED) is 0.170. The first-order chi connectivity index (χ1) is 15.0. The van der Waals surface area contributed by atoms with E-state index in [0.717, 1.165) is 30.7 Å². The molecule has 2 aromatic rings. The number of carbonyl (C=O) groups excluding carboxylic acids is 2. The van der Waals surface area contributed by atoms with Crippen LogP contribution in [0.4, 0.5) is 16.0 Å². The molecule has 31 heavy (non-hydrogen) atoms. The summed E-state index contributed by atoms with van der Waals surface area (Å²) in [4.78, 5) is 35.1. The zero-order valence-corrected chi connectivity index (χ0v) is 18.1. The third-order valence-electron chi connectivity index (χ3n) is 5.01. The fourth-order valence-corrected chi connectivity index (χ4v) is 4.25. The number of amides is 2. The van der Waals surface area contributed by atoms with Crippen molar-refractivity contribution in [2.45, 2.75) is 38.6 Å². The Hall–Kier alpha value is -2.57. The van der Waals surface area contributed by atoms with E-state index in [-0.39, 0.29) is 36.4 Å². The smallest absolute Gasteiger partial charge is 0.243 e. The molecular weight excluding hydrogens is 449 g/mol. The summed E-state index contributed by atoms with van der Waals surface area (Å²) in [6.45, 7) is 0.0797. The van der Waals surface area contributed by atoms with E-state index in [1.165, 1.54) is 11.3 Å². The van der Waals surface area contributed by atoms with Gasteiger partial charge in [-0.3, -0.25) is 25.6 Å². The van der Waals surface area contributed by atoms with Gasteiger partial charge in [-0.05, 0) is 23.9 Å². The number of nitrogens with zero attached hydrogens (tertiary/aromatic N) is 4. The molecule has 0 aliphatic heterocycles. The Balaban J connectivity index is 1.64. The maximum atomic E-state index is 14.8. The highest BCUT2D eigenvalue weighted by Crippen LogP contribution is 2.30. The van der Waals surface area contributed by atoms with Gasteiger partial charge >= 0.3 is 0 Å². The van der Waals surface area contributed by atoms with Crippen molar-refractivity contribution in [3.05, 3.63) is 27.7 Å². The maximum absolute atomic E-state index is 14.8. The van der Waals surface area contributed by atoms with E-state index in [2.05, 4.69) is 31.1 Å². The van der Waals surface area contributed by atoms with Gasteiger partial charge in [0.15, 0.2) is 11.6 Å². The summed E-state index contributed by atoms with van der Waals surface area (Å²) in [5.41, 5.74) is 4.83. The molecule has 0 radical (unpaired) electrons. The second-order valence-corrected chi connectivity index (χ2v) is 8.53. The molecule has 0 bridgehead atoms. The Labute approximate surface area is 187 Å². The molecule has 0 spiro atoms. The lowest BCUT2D eigenvalue weighted by atomic mass is 9.92. The van der Waals surface area contributed by atoms with Crippen LogP contribution in [0.2, 0.25) is 5.28 Å². The highest BCUT2D eigenvalue weighted by atomic mass is 35.5. The van der Waals surface area contributed by atoms with Gasteiger partial charge in [-0.2, -0.15) is 14.4 Å². The molecule has 0 aromatic carbocycles. The number of hydroxylamine groups is 2. The summed E-state index contributed by atoms with van der Waals surface area (Å²) < 4.78 is 14.8. The largest absolute Gasteiger partial charge is 0.361 e. The molecular formula is C18H23ClFN7O3S. The van der Waals surface area contributed by atoms with E-state index in [1.54, 1.807) is 11.6 Å². The molecule has 3 rings (SSSR count). The van der Waals surface area contributed by atoms with Gasteiger partial charge in [0, 0.05) is 11.6 Å². The van der Waals surface area contributed by atoms with Gasteiger partial charge in [0.1, 0.15) is 5.01 Å². The number of carbonyl (C=O) groups is 2. The molecule has 1 atom stereocenters. The van der Waals surface area contributed by atoms with Crippen LogP contribution in [0.25, 0.3) is 0 Å². The molecule has 1 saturated carbocycles. The minimum Gasteiger partial charge on any atom is -0.361 e. The van der Waals surface area contributed by atoms with Gasteiger partial charge in [-0.1, -0.05) is 25.7 Å². The van der Waals surface area contributed by atoms with Crippen molar-refractivity contribution in [1.82, 2.24) is 25.4 Å². The van der Waals surface area contributed by atoms with Gasteiger partial charge in [0.05, 0.1) is 19.0 Å². The predicted molar refractivity (Wildman–Crippen MR) is 113 cm³/mol. The first-order valence-electron chi connectivity index (χ1n) is 9.78. The fourth-order valence-electron chi connectivity index (χ4n) is 3.52. The monoisotopic (exact) mass is 471 g/mol. The van der Waals surface area contributed by atoms with Crippen LogP contribution in [0.15, 0.2) is 11.6 Å². The van der Waals surface area contributed by atoms with Gasteiger partial charge in [-0.25, -0.2) is 10.0 Å². The highest BCUT2D eigenvalue weighted by Gasteiger charge is 2.27. The molecule has 2 aromatic heterocycles. The minimum absolute atomic E-state index is 0.142. The first-order valence-corrected chi connectivity index (χ1v) is 11.0. The van der Waals surface area contributed by atoms with Crippen LogP contribution < -0.4 is 16.2 Å². The number of rotatable bonds is 11. The van der Waals surface area contributed by atoms with E-state index in [0.29, 0.717) is 17.4 Å². The van der Waals surface area contributed by atoms with E-state index in [9.17, 15) is 19.2 Å². The van der Waals surface area contributed by atoms with Crippen molar-refractivity contribution in [1.29, 1.82) is 0 Å². The first kappa shape index (κ1) is 23.1. The van der Waals surface area contributed by atoms with Gasteiger partial charge in [0.2, 0.25) is 23.4 Å². The van der Waals surface area contributed by atoms with Crippen molar-refractivity contribution >= 4 is 46.9 Å². The van der Waals surface area contributed by atoms with E-state index < -0.39 is 17.6 Å². The molecule has 2 heterocycles. The number of thiazole rings is 1. The number of anilines is 2. The van der Waals surface area contributed by atoms with Crippen LogP contribution in [0.3, 0.4) is 0 Å². The summed E-state index contributed by atoms with van der Waals surface area (Å²) in [6.07, 6.45) is 6.55. The molecule has 0 saturated heterocycles. The average Bonchev–Trinajstić information content (AvgIpc) is 3.46. The predicted octanol–water partition coefficient (Wildman–Crippen LogP) is 2.82. The van der Waals surface area contributed by atoms with Crippen molar-refractivity contribution in [3.8, 4) is 0 Å². The number of hydrazine groups is 1. The third-order valence-corrected chi connectivity index (χ3v) is 5.96. The molecule has 1 aliphatic rings. The summed E-state index contributed by atoms with van der Waals surface area (Å²) in [5, 5.41) is 15.1. The Morgan fingerprint density at radius 1 is 1.39 bits per heavy atom. The van der Waals surface area contributed by atoms with Crippen molar-refractivity contribution in [2.24, 2.45) is 11.8 Å². The van der Waals surface area contributed by atoms with E-state index in [1.807, 2.05) is 0 Å². The van der Waals surface area contributed by atoms with Gasteiger partial charge in [0.25, 0.3) is 0 Å². The molecule has 1 aliphatic carbocycles. The summed E-state index contributed by atoms with van der Waals surface area (Å²) in [7, 11) is 0. The molecule has 10 nitrogen and oxygen atoms in total. The molecule has 168 valence electrons. The second kappa shape index (κ2) is 11.2. The summed E-state index contributed by atoms with van der Waals surface area (Å²) >= 11 is 7.29. The molecule has 1 fully saturated rings. The standard InChI is InChI=1S/C18H23ClFN7O3S/c19-18-23-15(22-8-13-21-5-6-31-13)14(20)16(24-18)25-26-17(29)12(9-27(30)10-28)7-11-3-1-2-4-11/h5-6,10-12,30H,1-4,7-9H2,(H,26,29)(H2,22,23,24,25)/t12-/m1/s1. The van der Waals surface area contributed by atoms with Crippen molar-refractivity contribution in [3.63, 3.8) is 0 Å². The van der Waals surface area contributed by atoms with E-state index >= 15 is 0 Å². The van der Waals surface area contributed by atoms with Gasteiger partial charge < -0.3 is 5.32 Å². The molecule has 4 N–H and O–H groups in total. The number of halogens is 2. The number of hydrogen-bond donors (Lipinski definition) is 4. The zero-order valence-electron chi connectivity index (χ0n) is 16.6. The zero-order chi connectivity index (χ0) is 22.2. The summed E-state index contributed by atoms with van der Waals surface area (Å²) in [5.74, 6) is -2.12. The SMILES string of the molecule is O=CN(O)C[C@@H](CC1CCCC1)C(=O)NNc1nc(Cl)nc(NCc2nccs2)c1F. The van der Waals surface area contributed by atoms with E-state index in [4.69, 9.17) is 11.6 Å². The Morgan fingerprint density at radius 2 is 2.13 bits per heavy atom. The van der Waals surface area contributed by atoms with Crippen molar-refractivity contribution in [2.75, 3.05) is 17.3 Å². The Kier molecular flexibility index (Phi) is 8.32. The lowest BCUT2D eigenvalue weighted by Gasteiger charge is -2.22. The summed E-state index contributed by atoms with van der Waals surface area (Å²) in [6, 6.07) is 0. The average molecular weight is 472 g/mol. The van der Waals surface area contributed by atoms with Gasteiger partial charge in [-0.15, -0.1) is 11.3 Å². The van der Waals surface area contributed by atoms with Crippen molar-refractivity contribution < 1.29 is 19.2 Å². The topological polar surface area (TPSA) is 132 Å². The fraction of sp³-hybridized carbons (Fsp3) is 0.500. The third kappa shape index (κ3) is 6.71. The normalized spacial score (nSPS) is 14.8. The Morgan fingerprint density at radius 3 is 2.81 bits per heavy atom. The van der Waals surface area contributed by atoms with Crippen LogP contribution in [-0.4, -0.2) is 44.1 Å². The van der Waals surface area contributed by atoms with Crippen LogP contribution in [-0.2, 0) is 16.1 Å². The molecule has 2 amide bonds. The van der Waals surface area contributed by atoms with Crippen LogP contribution in [0, 0.1) is 17.7 Å². The van der Waals surface area contributed by atoms with Crippen LogP contribution >= 0.6 is 22.9 Å². The van der Waals surface area contributed by atoms with Crippen LogP contribution in [0.5, 0.6) is 0 Å². The lowest BCUT2D eigenvalue weighted by Crippen LogP contribution is -2.41. The molecule has 0 unspecified atom stereocenters. The lowest BCUT2D eigenvalue weighted by molar-refractivity contribution is -0.154. The minimum atomic E-state index is -0.828. The Bertz CT molecular complexity index is 883. The number of hydrogen-bond acceptors (Lipinski definition) is 9. The highest BCUT2D eigenvalue weighted by molar-refractivity contribution is 7.09. The maximum Gasteiger partial charge on any atom is 0.243 e. The number of aromatic nitrogens is 3.